The van der Waals surface area contributed by atoms with Crippen molar-refractivity contribution >= 4 is 11.8 Å². The van der Waals surface area contributed by atoms with Crippen molar-refractivity contribution in [3.63, 3.8) is 0 Å². The molecule has 6 nitrogen and oxygen atoms in total. The Labute approximate surface area is 167 Å². The molecule has 0 saturated heterocycles. The van der Waals surface area contributed by atoms with Gasteiger partial charge in [0, 0.05) is 29.2 Å². The van der Waals surface area contributed by atoms with Crippen molar-refractivity contribution in [1.82, 2.24) is 0 Å². The highest BCUT2D eigenvalue weighted by Gasteiger charge is 2.69. The van der Waals surface area contributed by atoms with Crippen molar-refractivity contribution in [3.05, 3.63) is 12.7 Å². The number of nitrogens with two attached hydrogens (primary N) is 1. The fourth-order valence-electron chi connectivity index (χ4n) is 6.84. The number of aliphatic hydroxyl groups is 2. The summed E-state index contributed by atoms with van der Waals surface area (Å²) in [7, 11) is 0. The molecule has 3 aliphatic carbocycles. The lowest BCUT2D eigenvalue weighted by Crippen LogP contribution is -2.67. The van der Waals surface area contributed by atoms with E-state index in [2.05, 4.69) is 6.58 Å². The quantitative estimate of drug-likeness (QED) is 0.498. The number of hydrogen-bond donors (Lipinski definition) is 3. The first-order valence-electron chi connectivity index (χ1n) is 10.4. The van der Waals surface area contributed by atoms with Crippen molar-refractivity contribution in [2.24, 2.45) is 39.7 Å². The zero-order chi connectivity index (χ0) is 21.1. The molecule has 3 rings (SSSR count). The molecule has 158 valence electrons. The summed E-state index contributed by atoms with van der Waals surface area (Å²) in [5.74, 6) is -1.07. The van der Waals surface area contributed by atoms with Crippen LogP contribution in [0, 0.1) is 34.0 Å². The van der Waals surface area contributed by atoms with Crippen molar-refractivity contribution in [3.8, 4) is 0 Å². The number of hydrogen-bond acceptors (Lipinski definition) is 6. The Balaban J connectivity index is 2.25. The minimum atomic E-state index is -0.737. The van der Waals surface area contributed by atoms with Crippen LogP contribution in [0.1, 0.15) is 53.4 Å². The molecule has 0 aliphatic heterocycles. The molecule has 0 aromatic rings. The smallest absolute Gasteiger partial charge is 0.332 e. The van der Waals surface area contributed by atoms with E-state index in [1.807, 2.05) is 27.7 Å². The number of rotatable bonds is 3. The van der Waals surface area contributed by atoms with Gasteiger partial charge in [0.15, 0.2) is 0 Å². The van der Waals surface area contributed by atoms with Gasteiger partial charge in [-0.25, -0.2) is 4.79 Å². The number of Topliss-reactive ketones (excluding diaryl/α,β-unsaturated/α-hetero) is 1. The summed E-state index contributed by atoms with van der Waals surface area (Å²) in [6.45, 7) is 11.2. The Morgan fingerprint density at radius 1 is 1.32 bits per heavy atom. The molecule has 9 atom stereocenters. The van der Waals surface area contributed by atoms with E-state index in [1.54, 1.807) is 6.08 Å². The highest BCUT2D eigenvalue weighted by Crippen LogP contribution is 2.67. The molecular weight excluding hydrogens is 358 g/mol. The molecule has 0 amide bonds. The molecule has 0 spiro atoms. The number of esters is 1. The van der Waals surface area contributed by atoms with Crippen molar-refractivity contribution in [1.29, 1.82) is 0 Å². The van der Waals surface area contributed by atoms with Gasteiger partial charge in [-0.1, -0.05) is 33.8 Å². The first-order chi connectivity index (χ1) is 13.0. The molecule has 3 aliphatic rings. The zero-order valence-corrected chi connectivity index (χ0v) is 17.5. The molecule has 3 saturated carbocycles. The van der Waals surface area contributed by atoms with Crippen LogP contribution in [0.5, 0.6) is 0 Å². The summed E-state index contributed by atoms with van der Waals surface area (Å²) in [6.07, 6.45) is 2.52. The van der Waals surface area contributed by atoms with Crippen molar-refractivity contribution in [2.75, 3.05) is 6.61 Å². The molecule has 2 bridgehead atoms. The number of ether oxygens (including phenoxy) is 1. The Kier molecular flexibility index (Phi) is 5.31. The Morgan fingerprint density at radius 2 is 1.96 bits per heavy atom. The van der Waals surface area contributed by atoms with Crippen LogP contribution in [0.25, 0.3) is 0 Å². The average molecular weight is 394 g/mol. The van der Waals surface area contributed by atoms with Gasteiger partial charge in [-0.2, -0.15) is 0 Å². The summed E-state index contributed by atoms with van der Waals surface area (Å²) in [6, 6.07) is -0.162. The standard InChI is InChI=1S/C22H35NO5/c1-6-20(4)10-16(28-17(26)11-24)21(5)12(2)14(23)9-22(13(3)19(20)27)8-7-15(25)18(21)22/h6,12-14,16,18-19,24,27H,1,7-11,23H2,2-5H3/t12-,13+,14-,16-,18+,19+,20-,21+,22-/m1/s1. The first-order valence-corrected chi connectivity index (χ1v) is 10.4. The fraction of sp³-hybridized carbons (Fsp3) is 0.818. The minimum absolute atomic E-state index is 0.0549. The summed E-state index contributed by atoms with van der Waals surface area (Å²) >= 11 is 0. The van der Waals surface area contributed by atoms with E-state index in [0.717, 1.165) is 0 Å². The Morgan fingerprint density at radius 3 is 2.54 bits per heavy atom. The molecule has 0 heterocycles. The van der Waals surface area contributed by atoms with Crippen LogP contribution < -0.4 is 5.73 Å². The van der Waals surface area contributed by atoms with E-state index >= 15 is 0 Å². The van der Waals surface area contributed by atoms with Crippen molar-refractivity contribution in [2.45, 2.75) is 71.6 Å². The second-order valence-corrected chi connectivity index (χ2v) is 9.94. The van der Waals surface area contributed by atoms with Crippen LogP contribution >= 0.6 is 0 Å². The second-order valence-electron chi connectivity index (χ2n) is 9.94. The third kappa shape index (κ3) is 2.71. The van der Waals surface area contributed by atoms with E-state index in [-0.39, 0.29) is 29.6 Å². The maximum atomic E-state index is 13.2. The van der Waals surface area contributed by atoms with Crippen LogP contribution in [0.15, 0.2) is 12.7 Å². The van der Waals surface area contributed by atoms with E-state index in [0.29, 0.717) is 25.7 Å². The van der Waals surface area contributed by atoms with Crippen LogP contribution in [0.4, 0.5) is 0 Å². The maximum absolute atomic E-state index is 13.2. The highest BCUT2D eigenvalue weighted by atomic mass is 16.6. The number of carbonyl (C=O) groups excluding carboxylic acids is 2. The Hall–Kier alpha value is -1.24. The second kappa shape index (κ2) is 6.92. The van der Waals surface area contributed by atoms with Gasteiger partial charge in [-0.15, -0.1) is 6.58 Å². The predicted molar refractivity (Wildman–Crippen MR) is 105 cm³/mol. The van der Waals surface area contributed by atoms with Gasteiger partial charge in [0.25, 0.3) is 0 Å². The van der Waals surface area contributed by atoms with Crippen LogP contribution in [-0.4, -0.2) is 46.8 Å². The SMILES string of the molecule is C=C[C@]1(C)C[C@@H](OC(=O)CO)[C@]2(C)[C@H](C)[C@H](N)C[C@]3(CCC(=O)[C@H]32)[C@@H](C)[C@@H]1O. The largest absolute Gasteiger partial charge is 0.460 e. The predicted octanol–water partition coefficient (Wildman–Crippen LogP) is 1.82. The van der Waals surface area contributed by atoms with Gasteiger partial charge >= 0.3 is 5.97 Å². The number of carbonyl (C=O) groups is 2. The normalized spacial score (nSPS) is 51.0. The lowest BCUT2D eigenvalue weighted by atomic mass is 9.43. The fourth-order valence-corrected chi connectivity index (χ4v) is 6.84. The molecule has 3 fully saturated rings. The Bertz CT molecular complexity index is 680. The van der Waals surface area contributed by atoms with E-state index in [1.165, 1.54) is 0 Å². The molecule has 28 heavy (non-hydrogen) atoms. The first kappa shape index (κ1) is 21.5. The summed E-state index contributed by atoms with van der Waals surface area (Å²) in [5.41, 5.74) is 4.82. The van der Waals surface area contributed by atoms with Gasteiger partial charge < -0.3 is 20.7 Å². The van der Waals surface area contributed by atoms with Crippen LogP contribution in [-0.2, 0) is 14.3 Å². The van der Waals surface area contributed by atoms with Crippen LogP contribution in [0.3, 0.4) is 0 Å². The summed E-state index contributed by atoms with van der Waals surface area (Å²) < 4.78 is 5.76. The van der Waals surface area contributed by atoms with E-state index < -0.39 is 41.0 Å². The lowest BCUT2D eigenvalue weighted by molar-refractivity contribution is -0.210. The van der Waals surface area contributed by atoms with E-state index in [4.69, 9.17) is 10.5 Å². The van der Waals surface area contributed by atoms with Gasteiger partial charge in [0.05, 0.1) is 6.10 Å². The third-order valence-electron chi connectivity index (χ3n) is 8.84. The number of ketones is 1. The van der Waals surface area contributed by atoms with Crippen molar-refractivity contribution < 1.29 is 24.5 Å². The molecule has 0 aromatic heterocycles. The molecule has 0 radical (unpaired) electrons. The zero-order valence-electron chi connectivity index (χ0n) is 17.5. The lowest BCUT2D eigenvalue weighted by Gasteiger charge is -2.63. The van der Waals surface area contributed by atoms with Gasteiger partial charge in [-0.05, 0) is 36.5 Å². The molecule has 0 aromatic carbocycles. The maximum Gasteiger partial charge on any atom is 0.332 e. The third-order valence-corrected chi connectivity index (χ3v) is 8.84. The topological polar surface area (TPSA) is 110 Å². The average Bonchev–Trinajstić information content (AvgIpc) is 3.01. The van der Waals surface area contributed by atoms with Gasteiger partial charge in [-0.3, -0.25) is 4.79 Å². The molecule has 6 heteroatoms. The molecule has 4 N–H and O–H groups in total. The highest BCUT2D eigenvalue weighted by molar-refractivity contribution is 5.86. The van der Waals surface area contributed by atoms with Crippen LogP contribution in [0.2, 0.25) is 0 Å². The number of aliphatic hydroxyl groups excluding tert-OH is 2. The van der Waals surface area contributed by atoms with Gasteiger partial charge in [0.2, 0.25) is 0 Å². The summed E-state index contributed by atoms with van der Waals surface area (Å²) in [4.78, 5) is 25.3. The minimum Gasteiger partial charge on any atom is -0.460 e. The molecule has 0 unspecified atom stereocenters. The molecular formula is C22H35NO5. The monoisotopic (exact) mass is 393 g/mol. The van der Waals surface area contributed by atoms with Gasteiger partial charge in [0.1, 0.15) is 18.5 Å². The van der Waals surface area contributed by atoms with E-state index in [9.17, 15) is 19.8 Å². The summed E-state index contributed by atoms with van der Waals surface area (Å²) in [5, 5.41) is 20.7.